The average molecular weight is 666 g/mol. The molecule has 0 radical (unpaired) electrons. The van der Waals surface area contributed by atoms with Gasteiger partial charge < -0.3 is 19.5 Å². The zero-order chi connectivity index (χ0) is 32.0. The summed E-state index contributed by atoms with van der Waals surface area (Å²) in [5, 5.41) is 2.54. The van der Waals surface area contributed by atoms with Crippen LogP contribution in [0.25, 0.3) is 11.3 Å². The molecule has 242 valence electrons. The molecule has 2 aliphatic heterocycles. The molecule has 2 saturated heterocycles. The molecular weight excluding hydrogens is 631 g/mol. The number of nitrogens with zero attached hydrogens (tertiary/aromatic N) is 2. The first-order valence-electron chi connectivity index (χ1n) is 15.0. The van der Waals surface area contributed by atoms with Gasteiger partial charge in [0.05, 0.1) is 10.9 Å². The summed E-state index contributed by atoms with van der Waals surface area (Å²) < 4.78 is 74.3. The lowest BCUT2D eigenvalue weighted by atomic mass is 10.1. The van der Waals surface area contributed by atoms with Crippen molar-refractivity contribution in [3.8, 4) is 22.8 Å². The predicted octanol–water partition coefficient (Wildman–Crippen LogP) is 4.28. The van der Waals surface area contributed by atoms with Gasteiger partial charge in [-0.25, -0.2) is 26.8 Å². The molecule has 3 N–H and O–H groups in total. The topological polar surface area (TPSA) is 158 Å². The van der Waals surface area contributed by atoms with Gasteiger partial charge in [-0.1, -0.05) is 54.6 Å². The summed E-state index contributed by atoms with van der Waals surface area (Å²) in [6, 6.07) is 23.8. The lowest BCUT2D eigenvalue weighted by Crippen LogP contribution is -2.30. The third kappa shape index (κ3) is 7.76. The van der Waals surface area contributed by atoms with Crippen LogP contribution in [0.2, 0.25) is 0 Å². The number of sulfonamides is 2. The lowest BCUT2D eigenvalue weighted by Gasteiger charge is -2.17. The predicted molar refractivity (Wildman–Crippen MR) is 174 cm³/mol. The number of nitrogens with one attached hydrogen (secondary N) is 3. The highest BCUT2D eigenvalue weighted by atomic mass is 32.2. The van der Waals surface area contributed by atoms with Crippen LogP contribution in [-0.4, -0.2) is 57.2 Å². The molecule has 6 rings (SSSR count). The number of anilines is 2. The maximum Gasteiger partial charge on any atom is 0.261 e. The van der Waals surface area contributed by atoms with Crippen LogP contribution in [0.5, 0.6) is 11.5 Å². The normalized spacial score (nSPS) is 18.3. The van der Waals surface area contributed by atoms with Gasteiger partial charge in [0.1, 0.15) is 13.2 Å². The number of aromatic nitrogens is 2. The lowest BCUT2D eigenvalue weighted by molar-refractivity contribution is 0.166. The van der Waals surface area contributed by atoms with Crippen molar-refractivity contribution in [3.63, 3.8) is 0 Å². The van der Waals surface area contributed by atoms with Crippen LogP contribution in [0.4, 0.5) is 11.6 Å². The smallest absolute Gasteiger partial charge is 0.261 e. The Morgan fingerprint density at radius 3 is 2.20 bits per heavy atom. The van der Waals surface area contributed by atoms with E-state index in [1.54, 1.807) is 24.3 Å². The van der Waals surface area contributed by atoms with E-state index in [-0.39, 0.29) is 24.8 Å². The van der Waals surface area contributed by atoms with Crippen molar-refractivity contribution >= 4 is 31.7 Å². The first-order valence-corrected chi connectivity index (χ1v) is 18.1. The van der Waals surface area contributed by atoms with E-state index in [0.29, 0.717) is 56.2 Å². The fourth-order valence-electron chi connectivity index (χ4n) is 5.15. The molecule has 0 amide bonds. The van der Waals surface area contributed by atoms with Crippen molar-refractivity contribution in [2.24, 2.45) is 0 Å². The number of pyridine rings is 2. The van der Waals surface area contributed by atoms with Crippen LogP contribution < -0.4 is 24.2 Å². The molecule has 2 atom stereocenters. The summed E-state index contributed by atoms with van der Waals surface area (Å²) in [5.74, 6) is 0.836. The van der Waals surface area contributed by atoms with Crippen molar-refractivity contribution in [3.05, 3.63) is 96.2 Å². The molecule has 2 unspecified atom stereocenters. The van der Waals surface area contributed by atoms with Crippen LogP contribution >= 0.6 is 0 Å². The van der Waals surface area contributed by atoms with Crippen molar-refractivity contribution in [1.29, 1.82) is 0 Å². The second-order valence-corrected chi connectivity index (χ2v) is 14.8. The Kier molecular flexibility index (Phi) is 9.68. The van der Waals surface area contributed by atoms with E-state index in [1.807, 2.05) is 54.6 Å². The molecule has 0 bridgehead atoms. The molecule has 2 aliphatic rings. The van der Waals surface area contributed by atoms with Gasteiger partial charge in [0.2, 0.25) is 10.0 Å². The summed E-state index contributed by atoms with van der Waals surface area (Å²) >= 11 is 0. The van der Waals surface area contributed by atoms with Crippen LogP contribution in [0.3, 0.4) is 0 Å². The summed E-state index contributed by atoms with van der Waals surface area (Å²) in [6.45, 7) is 1.84. The van der Waals surface area contributed by atoms with Crippen molar-refractivity contribution in [2.75, 3.05) is 29.1 Å². The van der Waals surface area contributed by atoms with Gasteiger partial charge in [0, 0.05) is 24.9 Å². The molecule has 46 heavy (non-hydrogen) atoms. The molecule has 2 fully saturated rings. The fourth-order valence-corrected chi connectivity index (χ4v) is 7.81. The number of benzene rings is 2. The molecule has 4 heterocycles. The molecule has 0 aliphatic carbocycles. The highest BCUT2D eigenvalue weighted by Gasteiger charge is 2.31. The first-order chi connectivity index (χ1) is 22.3. The summed E-state index contributed by atoms with van der Waals surface area (Å²) in [5.41, 5.74) is 2.09. The highest BCUT2D eigenvalue weighted by Crippen LogP contribution is 2.31. The minimum Gasteiger partial charge on any atom is -0.485 e. The number of ether oxygens (including phenoxy) is 3. The Labute approximate surface area is 268 Å². The maximum absolute atomic E-state index is 13.1. The number of rotatable bonds is 13. The molecule has 14 heteroatoms. The zero-order valence-electron chi connectivity index (χ0n) is 25.0. The second-order valence-electron chi connectivity index (χ2n) is 11.0. The van der Waals surface area contributed by atoms with Gasteiger partial charge in [0.25, 0.3) is 10.0 Å². The molecule has 0 spiro atoms. The Bertz CT molecular complexity index is 1850. The molecule has 2 aromatic heterocycles. The second kappa shape index (κ2) is 14.0. The van der Waals surface area contributed by atoms with E-state index in [2.05, 4.69) is 24.7 Å². The quantitative estimate of drug-likeness (QED) is 0.188. The van der Waals surface area contributed by atoms with E-state index in [9.17, 15) is 16.8 Å². The van der Waals surface area contributed by atoms with E-state index < -0.39 is 30.7 Å². The Morgan fingerprint density at radius 2 is 1.50 bits per heavy atom. The Hall–Kier alpha value is -4.24. The van der Waals surface area contributed by atoms with Gasteiger partial charge in [-0.2, -0.15) is 0 Å². The molecule has 0 saturated carbocycles. The zero-order valence-corrected chi connectivity index (χ0v) is 26.6. The minimum atomic E-state index is -3.86. The highest BCUT2D eigenvalue weighted by molar-refractivity contribution is 7.93. The summed E-state index contributed by atoms with van der Waals surface area (Å²) in [7, 11) is -7.48. The van der Waals surface area contributed by atoms with Gasteiger partial charge in [-0.3, -0.25) is 9.44 Å². The van der Waals surface area contributed by atoms with E-state index >= 15 is 0 Å². The maximum atomic E-state index is 13.1. The van der Waals surface area contributed by atoms with E-state index in [0.717, 1.165) is 16.7 Å². The molecular formula is C32H35N5O7S2. The monoisotopic (exact) mass is 665 g/mol. The first kappa shape index (κ1) is 31.7. The Balaban J connectivity index is 1.17. The van der Waals surface area contributed by atoms with E-state index in [4.69, 9.17) is 14.2 Å². The molecule has 2 aromatic carbocycles. The summed E-state index contributed by atoms with van der Waals surface area (Å²) in [4.78, 5) is 8.82. The van der Waals surface area contributed by atoms with Crippen molar-refractivity contribution in [1.82, 2.24) is 15.3 Å². The molecule has 4 aromatic rings. The fraction of sp³-hybridized carbons (Fsp3) is 0.312. The van der Waals surface area contributed by atoms with Gasteiger partial charge in [0.15, 0.2) is 28.6 Å². The van der Waals surface area contributed by atoms with Crippen LogP contribution in [0, 0.1) is 0 Å². The van der Waals surface area contributed by atoms with Gasteiger partial charge in [-0.15, -0.1) is 0 Å². The van der Waals surface area contributed by atoms with Crippen molar-refractivity contribution in [2.45, 2.75) is 43.2 Å². The Morgan fingerprint density at radius 1 is 0.783 bits per heavy atom. The van der Waals surface area contributed by atoms with E-state index in [1.165, 1.54) is 6.20 Å². The van der Waals surface area contributed by atoms with Crippen LogP contribution in [0.1, 0.15) is 30.4 Å². The van der Waals surface area contributed by atoms with Gasteiger partial charge >= 0.3 is 0 Å². The van der Waals surface area contributed by atoms with Crippen LogP contribution in [-0.2, 0) is 38.0 Å². The third-order valence-corrected chi connectivity index (χ3v) is 11.0. The minimum absolute atomic E-state index is 0.0799. The SMILES string of the molecule is O=S(=O)(Nc1ncccc1OCc1ccc(-c2ccc(OCc3ccccc3)c(NS(=O)(=O)C3CCCO3)n2)cc1)C1CCNC1. The number of hydrogen-bond donors (Lipinski definition) is 3. The standard InChI is InChI=1S/C32H35N5O7S2/c38-45(39,26-16-18-33-20-26)36-31-28(8-4-17-34-31)43-22-24-10-12-25(13-11-24)27-14-15-29(44-21-23-6-2-1-3-7-23)32(35-27)37-46(40,41)30-9-5-19-42-30/h1-4,6-8,10-15,17,26,30,33H,5,9,16,18-22H2,(H,34,36)(H,35,37). The number of hydrogen-bond acceptors (Lipinski definition) is 10. The van der Waals surface area contributed by atoms with Crippen molar-refractivity contribution < 1.29 is 31.0 Å². The average Bonchev–Trinajstić information content (AvgIpc) is 3.81. The van der Waals surface area contributed by atoms with Crippen LogP contribution in [0.15, 0.2) is 85.1 Å². The largest absolute Gasteiger partial charge is 0.485 e. The molecule has 12 nitrogen and oxygen atoms in total. The van der Waals surface area contributed by atoms with Gasteiger partial charge in [-0.05, 0) is 61.2 Å². The summed E-state index contributed by atoms with van der Waals surface area (Å²) in [6.07, 6.45) is 3.11. The third-order valence-electron chi connectivity index (χ3n) is 7.68.